The highest BCUT2D eigenvalue weighted by molar-refractivity contribution is 6.13. The van der Waals surface area contributed by atoms with E-state index in [0.717, 1.165) is 66.0 Å². The average Bonchev–Trinajstić information content (AvgIpc) is 3.80. The Balaban J connectivity index is 1.09. The molecule has 0 saturated carbocycles. The third-order valence-electron chi connectivity index (χ3n) is 9.06. The molecule has 50 heavy (non-hydrogen) atoms. The standard InChI is InChI=1S/C43H25N5O2/c1-3-11-26(12-4-1)40-46-41(27-13-5-2-6-14-27)48-42(47-40)29-23-28(24-44-25-29)30-19-20-35(32-16-8-7-15-31(30)32)43-45-36-22-21-34-33-17-9-10-18-37(33)49-38(34)39(36)50-43/h1-25H. The number of para-hydroxylation sites is 1. The van der Waals surface area contributed by atoms with Crippen molar-refractivity contribution in [2.45, 2.75) is 0 Å². The summed E-state index contributed by atoms with van der Waals surface area (Å²) in [6.07, 6.45) is 3.68. The van der Waals surface area contributed by atoms with E-state index in [2.05, 4.69) is 47.4 Å². The molecule has 0 saturated heterocycles. The van der Waals surface area contributed by atoms with Crippen molar-refractivity contribution in [3.63, 3.8) is 0 Å². The summed E-state index contributed by atoms with van der Waals surface area (Å²) in [5, 5.41) is 4.12. The van der Waals surface area contributed by atoms with Gasteiger partial charge in [0.2, 0.25) is 5.89 Å². The van der Waals surface area contributed by atoms with Crippen LogP contribution in [0.5, 0.6) is 0 Å². The minimum atomic E-state index is 0.537. The summed E-state index contributed by atoms with van der Waals surface area (Å²) in [7, 11) is 0. The molecule has 234 valence electrons. The fourth-order valence-corrected chi connectivity index (χ4v) is 6.67. The quantitative estimate of drug-likeness (QED) is 0.184. The van der Waals surface area contributed by atoms with Gasteiger partial charge < -0.3 is 8.83 Å². The molecule has 0 unspecified atom stereocenters. The molecule has 0 atom stereocenters. The number of pyridine rings is 1. The SMILES string of the molecule is c1ccc(-c2nc(-c3ccccc3)nc(-c3cncc(-c4ccc(-c5nc6ccc7c8ccccc8oc7c6o5)c5ccccc45)c3)n2)cc1. The lowest BCUT2D eigenvalue weighted by Crippen LogP contribution is -2.00. The van der Waals surface area contributed by atoms with Gasteiger partial charge in [-0.15, -0.1) is 0 Å². The molecule has 6 aromatic carbocycles. The largest absolute Gasteiger partial charge is 0.452 e. The average molecular weight is 644 g/mol. The van der Waals surface area contributed by atoms with Crippen LogP contribution < -0.4 is 0 Å². The van der Waals surface area contributed by atoms with Crippen LogP contribution in [0, 0.1) is 0 Å². The Morgan fingerprint density at radius 1 is 0.380 bits per heavy atom. The summed E-state index contributed by atoms with van der Waals surface area (Å²) in [6.45, 7) is 0. The molecular formula is C43H25N5O2. The van der Waals surface area contributed by atoms with E-state index >= 15 is 0 Å². The third-order valence-corrected chi connectivity index (χ3v) is 9.06. The maximum absolute atomic E-state index is 6.48. The van der Waals surface area contributed by atoms with Crippen LogP contribution >= 0.6 is 0 Å². The second kappa shape index (κ2) is 11.3. The van der Waals surface area contributed by atoms with Gasteiger partial charge in [-0.25, -0.2) is 19.9 Å². The van der Waals surface area contributed by atoms with Gasteiger partial charge in [0.05, 0.1) is 0 Å². The molecule has 4 heterocycles. The number of oxazole rings is 1. The normalized spacial score (nSPS) is 11.6. The first-order valence-corrected chi connectivity index (χ1v) is 16.3. The Bertz CT molecular complexity index is 2820. The number of rotatable bonds is 5. The lowest BCUT2D eigenvalue weighted by atomic mass is 9.95. The van der Waals surface area contributed by atoms with E-state index in [0.29, 0.717) is 34.5 Å². The zero-order valence-electron chi connectivity index (χ0n) is 26.5. The van der Waals surface area contributed by atoms with Gasteiger partial charge in [0, 0.05) is 51.0 Å². The van der Waals surface area contributed by atoms with Gasteiger partial charge in [0.25, 0.3) is 0 Å². The topological polar surface area (TPSA) is 90.7 Å². The highest BCUT2D eigenvalue weighted by Gasteiger charge is 2.19. The lowest BCUT2D eigenvalue weighted by molar-refractivity contribution is 0.604. The minimum Gasteiger partial charge on any atom is -0.452 e. The van der Waals surface area contributed by atoms with E-state index < -0.39 is 0 Å². The van der Waals surface area contributed by atoms with Crippen LogP contribution in [0.3, 0.4) is 0 Å². The number of hydrogen-bond acceptors (Lipinski definition) is 7. The van der Waals surface area contributed by atoms with E-state index in [-0.39, 0.29) is 0 Å². The van der Waals surface area contributed by atoms with E-state index in [1.165, 1.54) is 0 Å². The molecule has 7 nitrogen and oxygen atoms in total. The number of benzene rings is 6. The van der Waals surface area contributed by atoms with Gasteiger partial charge in [0.1, 0.15) is 11.1 Å². The summed E-state index contributed by atoms with van der Waals surface area (Å²) in [5.74, 6) is 2.30. The maximum Gasteiger partial charge on any atom is 0.228 e. The maximum atomic E-state index is 6.48. The van der Waals surface area contributed by atoms with Crippen molar-refractivity contribution in [2.75, 3.05) is 0 Å². The second-order valence-corrected chi connectivity index (χ2v) is 12.1. The van der Waals surface area contributed by atoms with Crippen molar-refractivity contribution in [2.24, 2.45) is 0 Å². The van der Waals surface area contributed by atoms with Crippen molar-refractivity contribution in [3.05, 3.63) is 152 Å². The van der Waals surface area contributed by atoms with Crippen LogP contribution in [-0.2, 0) is 0 Å². The molecule has 0 aliphatic rings. The molecule has 0 aliphatic carbocycles. The summed E-state index contributed by atoms with van der Waals surface area (Å²) in [6, 6.07) is 46.5. The van der Waals surface area contributed by atoms with E-state index in [9.17, 15) is 0 Å². The first-order chi connectivity index (χ1) is 24.8. The predicted octanol–water partition coefficient (Wildman–Crippen LogP) is 10.8. The molecule has 0 fully saturated rings. The van der Waals surface area contributed by atoms with E-state index in [1.807, 2.05) is 103 Å². The fraction of sp³-hybridized carbons (Fsp3) is 0. The van der Waals surface area contributed by atoms with Gasteiger partial charge in [-0.1, -0.05) is 109 Å². The summed E-state index contributed by atoms with van der Waals surface area (Å²) in [5.41, 5.74) is 8.40. The Labute approximate surface area is 285 Å². The number of fused-ring (bicyclic) bond motifs is 6. The van der Waals surface area contributed by atoms with Gasteiger partial charge in [0.15, 0.2) is 28.6 Å². The van der Waals surface area contributed by atoms with Crippen molar-refractivity contribution in [1.29, 1.82) is 0 Å². The molecule has 4 aromatic heterocycles. The van der Waals surface area contributed by atoms with Gasteiger partial charge in [-0.3, -0.25) is 4.98 Å². The Morgan fingerprint density at radius 2 is 0.960 bits per heavy atom. The molecule has 10 rings (SSSR count). The molecule has 0 bridgehead atoms. The number of furan rings is 1. The molecule has 0 spiro atoms. The minimum absolute atomic E-state index is 0.537. The number of hydrogen-bond donors (Lipinski definition) is 0. The fourth-order valence-electron chi connectivity index (χ4n) is 6.67. The molecule has 0 N–H and O–H groups in total. The molecule has 7 heteroatoms. The van der Waals surface area contributed by atoms with Gasteiger partial charge in [-0.2, -0.15) is 0 Å². The predicted molar refractivity (Wildman–Crippen MR) is 197 cm³/mol. The van der Waals surface area contributed by atoms with Crippen LogP contribution in [0.4, 0.5) is 0 Å². The summed E-state index contributed by atoms with van der Waals surface area (Å²) < 4.78 is 12.7. The van der Waals surface area contributed by atoms with Crippen molar-refractivity contribution in [3.8, 4) is 56.7 Å². The monoisotopic (exact) mass is 643 g/mol. The first kappa shape index (κ1) is 28.1. The third kappa shape index (κ3) is 4.64. The van der Waals surface area contributed by atoms with E-state index in [4.69, 9.17) is 28.8 Å². The van der Waals surface area contributed by atoms with Crippen LogP contribution in [0.2, 0.25) is 0 Å². The van der Waals surface area contributed by atoms with Crippen LogP contribution in [0.25, 0.3) is 101 Å². The lowest BCUT2D eigenvalue weighted by Gasteiger charge is -2.12. The van der Waals surface area contributed by atoms with Gasteiger partial charge >= 0.3 is 0 Å². The zero-order chi connectivity index (χ0) is 33.0. The summed E-state index contributed by atoms with van der Waals surface area (Å²) in [4.78, 5) is 24.2. The van der Waals surface area contributed by atoms with Crippen LogP contribution in [0.1, 0.15) is 0 Å². The summed E-state index contributed by atoms with van der Waals surface area (Å²) >= 11 is 0. The molecule has 0 amide bonds. The van der Waals surface area contributed by atoms with Gasteiger partial charge in [-0.05, 0) is 46.7 Å². The van der Waals surface area contributed by atoms with E-state index in [1.54, 1.807) is 6.20 Å². The molecule has 10 aromatic rings. The highest BCUT2D eigenvalue weighted by atomic mass is 16.4. The van der Waals surface area contributed by atoms with Crippen LogP contribution in [-0.4, -0.2) is 24.9 Å². The Hall–Kier alpha value is -6.99. The zero-order valence-corrected chi connectivity index (χ0v) is 26.5. The number of nitrogens with zero attached hydrogens (tertiary/aromatic N) is 5. The number of aromatic nitrogens is 5. The second-order valence-electron chi connectivity index (χ2n) is 12.1. The van der Waals surface area contributed by atoms with Crippen molar-refractivity contribution < 1.29 is 8.83 Å². The molecule has 0 aliphatic heterocycles. The van der Waals surface area contributed by atoms with Crippen LogP contribution in [0.15, 0.2) is 161 Å². The van der Waals surface area contributed by atoms with Crippen molar-refractivity contribution in [1.82, 2.24) is 24.9 Å². The smallest absolute Gasteiger partial charge is 0.228 e. The Morgan fingerprint density at radius 3 is 1.68 bits per heavy atom. The van der Waals surface area contributed by atoms with Crippen molar-refractivity contribution >= 4 is 43.8 Å². The molecular weight excluding hydrogens is 619 g/mol. The first-order valence-electron chi connectivity index (χ1n) is 16.3. The molecule has 0 radical (unpaired) electrons. The Kier molecular flexibility index (Phi) is 6.35. The highest BCUT2D eigenvalue weighted by Crippen LogP contribution is 2.40.